The van der Waals surface area contributed by atoms with E-state index in [4.69, 9.17) is 0 Å². The minimum atomic E-state index is 0.462. The van der Waals surface area contributed by atoms with Crippen molar-refractivity contribution in [3.8, 4) is 6.07 Å². The third-order valence-electron chi connectivity index (χ3n) is 5.73. The molecule has 2 aromatic carbocycles. The second-order valence-corrected chi connectivity index (χ2v) is 8.65. The Kier molecular flexibility index (Phi) is 4.97. The molecular formula is C24H22N4S. The maximum absolute atomic E-state index is 9.32. The molecule has 0 N–H and O–H groups in total. The lowest BCUT2D eigenvalue weighted by Crippen LogP contribution is -2.43. The van der Waals surface area contributed by atoms with E-state index in [2.05, 4.69) is 63.3 Å². The minimum Gasteiger partial charge on any atom is -0.336 e. The van der Waals surface area contributed by atoms with Crippen LogP contribution in [0.4, 0.5) is 11.4 Å². The normalized spacial score (nSPS) is 16.7. The topological polar surface area (TPSA) is 43.2 Å². The number of anilines is 2. The van der Waals surface area contributed by atoms with Crippen molar-refractivity contribution in [3.05, 3.63) is 78.1 Å². The number of para-hydroxylation sites is 1. The predicted octanol–water partition coefficient (Wildman–Crippen LogP) is 5.22. The summed E-state index contributed by atoms with van der Waals surface area (Å²) in [5.74, 6) is 0. The molecule has 1 saturated heterocycles. The summed E-state index contributed by atoms with van der Waals surface area (Å²) in [5.41, 5.74) is 4.38. The molecule has 4 nitrogen and oxygen atoms in total. The summed E-state index contributed by atoms with van der Waals surface area (Å²) in [7, 11) is 0. The van der Waals surface area contributed by atoms with E-state index >= 15 is 0 Å². The summed E-state index contributed by atoms with van der Waals surface area (Å²) in [6.45, 7) is 3.06. The quantitative estimate of drug-likeness (QED) is 0.605. The van der Waals surface area contributed by atoms with E-state index in [0.717, 1.165) is 43.7 Å². The van der Waals surface area contributed by atoms with Gasteiger partial charge in [0.05, 0.1) is 28.7 Å². The number of rotatable bonds is 3. The van der Waals surface area contributed by atoms with Crippen LogP contribution in [0.2, 0.25) is 0 Å². The SMILES string of the molecule is N#Cc1ccc2c(c1)Sc1ccccc1N2C1CCN(Cc2ccccn2)CC1. The largest absolute Gasteiger partial charge is 0.336 e. The molecule has 0 radical (unpaired) electrons. The monoisotopic (exact) mass is 398 g/mol. The number of hydrogen-bond donors (Lipinski definition) is 0. The van der Waals surface area contributed by atoms with Crippen LogP contribution < -0.4 is 4.90 Å². The molecule has 0 aliphatic carbocycles. The molecule has 0 atom stereocenters. The van der Waals surface area contributed by atoms with E-state index in [1.165, 1.54) is 21.2 Å². The van der Waals surface area contributed by atoms with Crippen molar-refractivity contribution in [1.29, 1.82) is 5.26 Å². The van der Waals surface area contributed by atoms with Gasteiger partial charge in [0.2, 0.25) is 0 Å². The second kappa shape index (κ2) is 7.90. The van der Waals surface area contributed by atoms with Crippen LogP contribution in [0.15, 0.2) is 76.7 Å². The Morgan fingerprint density at radius 3 is 2.55 bits per heavy atom. The van der Waals surface area contributed by atoms with Crippen LogP contribution in [0.3, 0.4) is 0 Å². The number of hydrogen-bond acceptors (Lipinski definition) is 5. The van der Waals surface area contributed by atoms with Crippen LogP contribution in [0.1, 0.15) is 24.1 Å². The van der Waals surface area contributed by atoms with Gasteiger partial charge < -0.3 is 4.90 Å². The van der Waals surface area contributed by atoms with Gasteiger partial charge in [-0.15, -0.1) is 0 Å². The molecular weight excluding hydrogens is 376 g/mol. The van der Waals surface area contributed by atoms with Gasteiger partial charge in [-0.1, -0.05) is 30.0 Å². The predicted molar refractivity (Wildman–Crippen MR) is 116 cm³/mol. The highest BCUT2D eigenvalue weighted by molar-refractivity contribution is 7.99. The highest BCUT2D eigenvalue weighted by Crippen LogP contribution is 2.50. The first-order valence-electron chi connectivity index (χ1n) is 10.0. The van der Waals surface area contributed by atoms with Crippen molar-refractivity contribution >= 4 is 23.1 Å². The molecule has 144 valence electrons. The molecule has 0 bridgehead atoms. The Labute approximate surface area is 175 Å². The zero-order chi connectivity index (χ0) is 19.6. The summed E-state index contributed by atoms with van der Waals surface area (Å²) in [4.78, 5) is 11.9. The van der Waals surface area contributed by atoms with E-state index in [9.17, 15) is 5.26 Å². The van der Waals surface area contributed by atoms with Gasteiger partial charge in [0.1, 0.15) is 0 Å². The van der Waals surface area contributed by atoms with Crippen LogP contribution >= 0.6 is 11.8 Å². The Bertz CT molecular complexity index is 1050. The zero-order valence-corrected chi connectivity index (χ0v) is 17.0. The molecule has 2 aliphatic heterocycles. The molecule has 0 spiro atoms. The number of aromatic nitrogens is 1. The van der Waals surface area contributed by atoms with Crippen LogP contribution in [0.25, 0.3) is 0 Å². The molecule has 3 heterocycles. The number of nitrogens with zero attached hydrogens (tertiary/aromatic N) is 4. The Balaban J connectivity index is 1.39. The van der Waals surface area contributed by atoms with E-state index in [1.54, 1.807) is 11.8 Å². The average molecular weight is 399 g/mol. The van der Waals surface area contributed by atoms with Gasteiger partial charge in [-0.05, 0) is 55.3 Å². The summed E-state index contributed by atoms with van der Waals surface area (Å²) in [6.07, 6.45) is 4.10. The van der Waals surface area contributed by atoms with Gasteiger partial charge in [-0.3, -0.25) is 9.88 Å². The number of pyridine rings is 1. The summed E-state index contributed by atoms with van der Waals surface area (Å²) in [5, 5.41) is 9.32. The highest BCUT2D eigenvalue weighted by Gasteiger charge is 2.31. The van der Waals surface area contributed by atoms with E-state index in [-0.39, 0.29) is 0 Å². The molecule has 29 heavy (non-hydrogen) atoms. The van der Waals surface area contributed by atoms with Crippen LogP contribution in [-0.2, 0) is 6.54 Å². The number of benzene rings is 2. The lowest BCUT2D eigenvalue weighted by atomic mass is 10.0. The van der Waals surface area contributed by atoms with Gasteiger partial charge in [0.25, 0.3) is 0 Å². The van der Waals surface area contributed by atoms with E-state index < -0.39 is 0 Å². The molecule has 5 rings (SSSR count). The van der Waals surface area contributed by atoms with Crippen molar-refractivity contribution in [2.75, 3.05) is 18.0 Å². The Morgan fingerprint density at radius 2 is 1.76 bits per heavy atom. The van der Waals surface area contributed by atoms with Crippen LogP contribution in [0, 0.1) is 11.3 Å². The summed E-state index contributed by atoms with van der Waals surface area (Å²) >= 11 is 1.77. The van der Waals surface area contributed by atoms with Gasteiger partial charge >= 0.3 is 0 Å². The maximum Gasteiger partial charge on any atom is 0.0992 e. The summed E-state index contributed by atoms with van der Waals surface area (Å²) < 4.78 is 0. The molecule has 1 fully saturated rings. The fourth-order valence-electron chi connectivity index (χ4n) is 4.30. The molecule has 0 unspecified atom stereocenters. The third-order valence-corrected chi connectivity index (χ3v) is 6.84. The highest BCUT2D eigenvalue weighted by atomic mass is 32.2. The lowest BCUT2D eigenvalue weighted by Gasteiger charge is -2.42. The first kappa shape index (κ1) is 18.2. The standard InChI is InChI=1S/C24H22N4S/c25-16-18-8-9-22-24(15-18)29-23-7-2-1-6-21(23)28(22)20-10-13-27(14-11-20)17-19-5-3-4-12-26-19/h1-9,12,15,20H,10-11,13-14,17H2. The fourth-order valence-corrected chi connectivity index (χ4v) is 5.42. The van der Waals surface area contributed by atoms with Gasteiger partial charge in [0.15, 0.2) is 0 Å². The van der Waals surface area contributed by atoms with Gasteiger partial charge in [-0.2, -0.15) is 5.26 Å². The van der Waals surface area contributed by atoms with Crippen molar-refractivity contribution in [1.82, 2.24) is 9.88 Å². The van der Waals surface area contributed by atoms with Gasteiger partial charge in [-0.25, -0.2) is 0 Å². The Hall–Kier alpha value is -2.81. The van der Waals surface area contributed by atoms with Crippen molar-refractivity contribution < 1.29 is 0 Å². The van der Waals surface area contributed by atoms with Crippen molar-refractivity contribution in [2.45, 2.75) is 35.2 Å². The molecule has 3 aromatic rings. The molecule has 1 aromatic heterocycles. The second-order valence-electron chi connectivity index (χ2n) is 7.56. The smallest absolute Gasteiger partial charge is 0.0992 e. The van der Waals surface area contributed by atoms with Gasteiger partial charge in [0, 0.05) is 41.7 Å². The molecule has 0 amide bonds. The third kappa shape index (κ3) is 3.62. The van der Waals surface area contributed by atoms with Crippen LogP contribution in [-0.4, -0.2) is 29.0 Å². The van der Waals surface area contributed by atoms with Crippen LogP contribution in [0.5, 0.6) is 0 Å². The minimum absolute atomic E-state index is 0.462. The summed E-state index contributed by atoms with van der Waals surface area (Å²) in [6, 6.07) is 23.6. The Morgan fingerprint density at radius 1 is 0.966 bits per heavy atom. The number of nitriles is 1. The number of piperidine rings is 1. The zero-order valence-electron chi connectivity index (χ0n) is 16.2. The van der Waals surface area contributed by atoms with E-state index in [0.29, 0.717) is 6.04 Å². The average Bonchev–Trinajstić information content (AvgIpc) is 2.78. The van der Waals surface area contributed by atoms with E-state index in [1.807, 2.05) is 24.4 Å². The molecule has 0 saturated carbocycles. The molecule has 5 heteroatoms. The number of likely N-dealkylation sites (tertiary alicyclic amines) is 1. The fraction of sp³-hybridized carbons (Fsp3) is 0.250. The molecule has 2 aliphatic rings. The lowest BCUT2D eigenvalue weighted by molar-refractivity contribution is 0.203. The first-order valence-corrected chi connectivity index (χ1v) is 10.9. The van der Waals surface area contributed by atoms with Crippen molar-refractivity contribution in [3.63, 3.8) is 0 Å². The van der Waals surface area contributed by atoms with Crippen molar-refractivity contribution in [2.24, 2.45) is 0 Å². The number of fused-ring (bicyclic) bond motifs is 2. The maximum atomic E-state index is 9.32. The first-order chi connectivity index (χ1) is 14.3.